The number of ether oxygens (including phenoxy) is 1. The molecule has 0 radical (unpaired) electrons. The van der Waals surface area contributed by atoms with Crippen LogP contribution in [0.2, 0.25) is 0 Å². The molecule has 1 aliphatic carbocycles. The number of rotatable bonds is 10. The Kier molecular flexibility index (Phi) is 8.86. The van der Waals surface area contributed by atoms with Crippen molar-refractivity contribution >= 4 is 27.5 Å². The molecule has 8 nitrogen and oxygen atoms in total. The summed E-state index contributed by atoms with van der Waals surface area (Å²) in [7, 11) is -3.68. The van der Waals surface area contributed by atoms with Crippen molar-refractivity contribution < 1.29 is 23.1 Å². The second kappa shape index (κ2) is 11.4. The van der Waals surface area contributed by atoms with Crippen LogP contribution in [-0.2, 0) is 21.4 Å². The van der Waals surface area contributed by atoms with Crippen molar-refractivity contribution in [3.63, 3.8) is 0 Å². The maximum Gasteiger partial charge on any atom is 0.404 e. The third-order valence-corrected chi connectivity index (χ3v) is 8.36. The van der Waals surface area contributed by atoms with Gasteiger partial charge < -0.3 is 15.2 Å². The quantitative estimate of drug-likeness (QED) is 0.444. The molecular formula is C23H33N3O5S2. The molecule has 0 unspecified atom stereocenters. The fourth-order valence-electron chi connectivity index (χ4n) is 4.02. The van der Waals surface area contributed by atoms with E-state index in [9.17, 15) is 13.2 Å². The molecule has 33 heavy (non-hydrogen) atoms. The lowest BCUT2D eigenvalue weighted by Gasteiger charge is -2.27. The SMILES string of the molecule is CCNS(=O)(=O)c1cc(COCC(C)C)ccc1-c1cnc(C2CCC(NC(=O)O)CC2)s1. The van der Waals surface area contributed by atoms with E-state index in [1.54, 1.807) is 19.2 Å². The number of carbonyl (C=O) groups is 1. The molecule has 1 heterocycles. The Morgan fingerprint density at radius 2 is 2.00 bits per heavy atom. The van der Waals surface area contributed by atoms with Crippen molar-refractivity contribution in [1.29, 1.82) is 0 Å². The van der Waals surface area contributed by atoms with Gasteiger partial charge in [-0.3, -0.25) is 0 Å². The number of nitrogens with zero attached hydrogens (tertiary/aromatic N) is 1. The molecule has 1 aromatic carbocycles. The van der Waals surface area contributed by atoms with Gasteiger partial charge in [-0.25, -0.2) is 22.9 Å². The summed E-state index contributed by atoms with van der Waals surface area (Å²) in [4.78, 5) is 16.5. The van der Waals surface area contributed by atoms with E-state index in [1.807, 2.05) is 12.1 Å². The fourth-order valence-corrected chi connectivity index (χ4v) is 6.52. The average Bonchev–Trinajstić information content (AvgIpc) is 3.23. The minimum Gasteiger partial charge on any atom is -0.465 e. The van der Waals surface area contributed by atoms with Crippen LogP contribution in [0.25, 0.3) is 10.4 Å². The summed E-state index contributed by atoms with van der Waals surface area (Å²) in [5, 5.41) is 12.4. The lowest BCUT2D eigenvalue weighted by Crippen LogP contribution is -2.36. The Morgan fingerprint density at radius 1 is 1.27 bits per heavy atom. The van der Waals surface area contributed by atoms with Gasteiger partial charge in [0.15, 0.2) is 0 Å². The smallest absolute Gasteiger partial charge is 0.404 e. The highest BCUT2D eigenvalue weighted by atomic mass is 32.2. The van der Waals surface area contributed by atoms with Crippen LogP contribution in [-0.4, -0.2) is 43.8 Å². The van der Waals surface area contributed by atoms with Crippen LogP contribution in [0.5, 0.6) is 0 Å². The predicted molar refractivity (Wildman–Crippen MR) is 129 cm³/mol. The molecule has 1 aliphatic rings. The topological polar surface area (TPSA) is 118 Å². The largest absolute Gasteiger partial charge is 0.465 e. The first kappa shape index (κ1) is 25.6. The lowest BCUT2D eigenvalue weighted by molar-refractivity contribution is 0.0970. The molecule has 1 amide bonds. The molecule has 1 fully saturated rings. The number of hydrogen-bond acceptors (Lipinski definition) is 6. The zero-order chi connectivity index (χ0) is 24.0. The van der Waals surface area contributed by atoms with Crippen LogP contribution in [0.4, 0.5) is 4.79 Å². The fraction of sp³-hybridized carbons (Fsp3) is 0.565. The summed E-state index contributed by atoms with van der Waals surface area (Å²) in [5.74, 6) is 0.660. The van der Waals surface area contributed by atoms with Crippen LogP contribution in [0.15, 0.2) is 29.3 Å². The van der Waals surface area contributed by atoms with E-state index in [4.69, 9.17) is 9.84 Å². The van der Waals surface area contributed by atoms with E-state index in [1.165, 1.54) is 11.3 Å². The van der Waals surface area contributed by atoms with Gasteiger partial charge in [-0.15, -0.1) is 11.3 Å². The molecular weight excluding hydrogens is 462 g/mol. The number of amides is 1. The monoisotopic (exact) mass is 495 g/mol. The number of thiazole rings is 1. The van der Waals surface area contributed by atoms with E-state index in [-0.39, 0.29) is 16.9 Å². The van der Waals surface area contributed by atoms with Crippen LogP contribution >= 0.6 is 11.3 Å². The molecule has 0 bridgehead atoms. The Bertz CT molecular complexity index is 1040. The summed E-state index contributed by atoms with van der Waals surface area (Å²) < 4.78 is 34.2. The normalized spacial score (nSPS) is 19.0. The Labute approximate surface area is 199 Å². The van der Waals surface area contributed by atoms with Crippen molar-refractivity contribution in [2.24, 2.45) is 5.92 Å². The van der Waals surface area contributed by atoms with E-state index < -0.39 is 16.1 Å². The van der Waals surface area contributed by atoms with Gasteiger partial charge in [0, 0.05) is 36.9 Å². The predicted octanol–water partition coefficient (Wildman–Crippen LogP) is 4.57. The van der Waals surface area contributed by atoms with Gasteiger partial charge >= 0.3 is 6.09 Å². The summed E-state index contributed by atoms with van der Waals surface area (Å²) in [5.41, 5.74) is 1.44. The molecule has 2 aromatic rings. The van der Waals surface area contributed by atoms with Crippen LogP contribution in [0.1, 0.15) is 62.9 Å². The van der Waals surface area contributed by atoms with Crippen LogP contribution in [0.3, 0.4) is 0 Å². The first-order chi connectivity index (χ1) is 15.7. The van der Waals surface area contributed by atoms with Crippen molar-refractivity contribution in [1.82, 2.24) is 15.0 Å². The van der Waals surface area contributed by atoms with Crippen molar-refractivity contribution in [3.8, 4) is 10.4 Å². The first-order valence-electron chi connectivity index (χ1n) is 11.4. The first-order valence-corrected chi connectivity index (χ1v) is 13.7. The van der Waals surface area contributed by atoms with Crippen molar-refractivity contribution in [2.45, 2.75) is 69.9 Å². The summed E-state index contributed by atoms with van der Waals surface area (Å²) in [6.45, 7) is 7.17. The number of sulfonamides is 1. The maximum absolute atomic E-state index is 13.0. The molecule has 1 aromatic heterocycles. The summed E-state index contributed by atoms with van der Waals surface area (Å²) >= 11 is 1.51. The highest BCUT2D eigenvalue weighted by Crippen LogP contribution is 2.39. The molecule has 1 saturated carbocycles. The van der Waals surface area contributed by atoms with Gasteiger partial charge in [-0.1, -0.05) is 32.9 Å². The standard InChI is InChI=1S/C23H33N3O5S2/c1-4-25-33(29,30)21-11-16(14-31-13-15(2)3)5-10-19(21)20-12-24-22(32-20)17-6-8-18(9-7-17)26-23(27)28/h5,10-12,15,17-18,25-26H,4,6-9,13-14H2,1-3H3,(H,27,28). The zero-order valence-corrected chi connectivity index (χ0v) is 21.0. The molecule has 3 N–H and O–H groups in total. The third-order valence-electron chi connectivity index (χ3n) is 5.58. The molecule has 10 heteroatoms. The summed E-state index contributed by atoms with van der Waals surface area (Å²) in [6, 6.07) is 5.42. The molecule has 0 saturated heterocycles. The number of benzene rings is 1. The third kappa shape index (κ3) is 6.99. The highest BCUT2D eigenvalue weighted by molar-refractivity contribution is 7.89. The molecule has 0 aliphatic heterocycles. The molecule has 0 spiro atoms. The Balaban J connectivity index is 1.82. The van der Waals surface area contributed by atoms with Gasteiger partial charge in [0.05, 0.1) is 21.4 Å². The van der Waals surface area contributed by atoms with Crippen LogP contribution < -0.4 is 10.0 Å². The number of carboxylic acid groups (broad SMARTS) is 1. The second-order valence-corrected chi connectivity index (χ2v) is 11.6. The number of aromatic nitrogens is 1. The van der Waals surface area contributed by atoms with E-state index in [2.05, 4.69) is 28.9 Å². The van der Waals surface area contributed by atoms with Gasteiger partial charge in [-0.05, 0) is 43.2 Å². The lowest BCUT2D eigenvalue weighted by atomic mass is 9.86. The van der Waals surface area contributed by atoms with E-state index in [0.717, 1.165) is 41.1 Å². The maximum atomic E-state index is 13.0. The van der Waals surface area contributed by atoms with E-state index in [0.29, 0.717) is 31.2 Å². The highest BCUT2D eigenvalue weighted by Gasteiger charge is 2.27. The minimum absolute atomic E-state index is 0.0134. The van der Waals surface area contributed by atoms with Gasteiger partial charge in [0.1, 0.15) is 0 Å². The molecule has 3 rings (SSSR count). The van der Waals surface area contributed by atoms with Crippen molar-refractivity contribution in [2.75, 3.05) is 13.2 Å². The average molecular weight is 496 g/mol. The minimum atomic E-state index is -3.68. The van der Waals surface area contributed by atoms with Crippen molar-refractivity contribution in [3.05, 3.63) is 35.0 Å². The van der Waals surface area contributed by atoms with E-state index >= 15 is 0 Å². The Hall–Kier alpha value is -2.01. The Morgan fingerprint density at radius 3 is 2.64 bits per heavy atom. The number of nitrogens with one attached hydrogen (secondary N) is 2. The molecule has 0 atom stereocenters. The van der Waals surface area contributed by atoms with Crippen LogP contribution in [0, 0.1) is 5.92 Å². The van der Waals surface area contributed by atoms with Gasteiger partial charge in [0.25, 0.3) is 0 Å². The zero-order valence-electron chi connectivity index (χ0n) is 19.3. The second-order valence-electron chi connectivity index (χ2n) is 8.80. The summed E-state index contributed by atoms with van der Waals surface area (Å²) in [6.07, 6.45) is 4.02. The molecule has 182 valence electrons. The number of hydrogen-bond donors (Lipinski definition) is 3. The van der Waals surface area contributed by atoms with Gasteiger partial charge in [-0.2, -0.15) is 0 Å². The van der Waals surface area contributed by atoms with Gasteiger partial charge in [0.2, 0.25) is 10.0 Å².